The van der Waals surface area contributed by atoms with Crippen molar-refractivity contribution in [3.05, 3.63) is 93.2 Å². The van der Waals surface area contributed by atoms with E-state index in [2.05, 4.69) is 4.98 Å². The Morgan fingerprint density at radius 1 is 0.689 bits per heavy atom. The van der Waals surface area contributed by atoms with Crippen LogP contribution in [0.1, 0.15) is 68.1 Å². The summed E-state index contributed by atoms with van der Waals surface area (Å²) in [5.74, 6) is -0.420. The summed E-state index contributed by atoms with van der Waals surface area (Å²) in [5, 5.41) is 45.0. The number of methoxy groups -OCH3 is 2. The minimum atomic E-state index is -0.351. The highest BCUT2D eigenvalue weighted by Crippen LogP contribution is 2.43. The molecule has 4 aromatic carbocycles. The van der Waals surface area contributed by atoms with Gasteiger partial charge in [0.25, 0.3) is 0 Å². The van der Waals surface area contributed by atoms with E-state index in [9.17, 15) is 30.0 Å². The molecule has 0 saturated heterocycles. The smallest absolute Gasteiger partial charge is 0.163 e. The number of aromatic hydroxyl groups is 4. The fourth-order valence-corrected chi connectivity index (χ4v) is 5.91. The molecule has 9 nitrogen and oxygen atoms in total. The number of aromatic amines is 1. The van der Waals surface area contributed by atoms with Gasteiger partial charge in [0, 0.05) is 40.6 Å². The number of hydrogen-bond acceptors (Lipinski definition) is 8. The average Bonchev–Trinajstić information content (AvgIpc) is 3.35. The zero-order chi connectivity index (χ0) is 32.7. The second-order valence-electron chi connectivity index (χ2n) is 11.2. The number of rotatable bonds is 9. The van der Waals surface area contributed by atoms with E-state index in [1.807, 2.05) is 36.4 Å². The molecule has 5 rings (SSSR count). The van der Waals surface area contributed by atoms with Crippen molar-refractivity contribution in [1.82, 2.24) is 4.98 Å². The average molecular weight is 610 g/mol. The maximum absolute atomic E-state index is 12.3. The molecule has 45 heavy (non-hydrogen) atoms. The number of fused-ring (bicyclic) bond motifs is 1. The molecule has 5 N–H and O–H groups in total. The molecule has 0 amide bonds. The molecular weight excluding hydrogens is 574 g/mol. The number of hydrogen-bond donors (Lipinski definition) is 5. The van der Waals surface area contributed by atoms with Crippen molar-refractivity contribution in [2.75, 3.05) is 14.2 Å². The summed E-state index contributed by atoms with van der Waals surface area (Å²) in [5.41, 5.74) is 4.78. The largest absolute Gasteiger partial charge is 0.507 e. The van der Waals surface area contributed by atoms with E-state index < -0.39 is 0 Å². The molecule has 0 bridgehead atoms. The molecule has 9 heteroatoms. The highest BCUT2D eigenvalue weighted by molar-refractivity contribution is 5.99. The Labute approximate surface area is 260 Å². The van der Waals surface area contributed by atoms with Gasteiger partial charge in [-0.15, -0.1) is 0 Å². The standard InChI is InChI=1S/C36H35NO8/c1-17-12-23(19(3)38)35(42)26(33(17)40)15-25-22-11-10-21(32-30(44-5)8-7-9-31(32)45-6)14-28(22)37-29(25)16-27-34(41)18(2)13-24(20(4)39)36(27)43/h7-14,37,40-43H,15-16H2,1-6H3. The molecule has 0 aliphatic rings. The Morgan fingerprint density at radius 3 is 1.69 bits per heavy atom. The second-order valence-corrected chi connectivity index (χ2v) is 11.2. The van der Waals surface area contributed by atoms with Gasteiger partial charge in [0.2, 0.25) is 0 Å². The Hall–Kier alpha value is -5.44. The SMILES string of the molecule is COc1cccc(OC)c1-c1ccc2c(Cc3c(O)c(C)cc(C(C)=O)c3O)c(Cc3c(O)c(C)cc(C(C)=O)c3O)[nH]c2c1. The third-order valence-corrected chi connectivity index (χ3v) is 8.30. The van der Waals surface area contributed by atoms with Crippen LogP contribution in [0, 0.1) is 13.8 Å². The van der Waals surface area contributed by atoms with Crippen molar-refractivity contribution >= 4 is 22.5 Å². The lowest BCUT2D eigenvalue weighted by Gasteiger charge is -2.16. The van der Waals surface area contributed by atoms with Gasteiger partial charge >= 0.3 is 0 Å². The molecule has 1 heterocycles. The number of phenols is 4. The molecule has 0 saturated carbocycles. The number of nitrogens with one attached hydrogen (secondary N) is 1. The third-order valence-electron chi connectivity index (χ3n) is 8.30. The number of phenolic OH excluding ortho intramolecular Hbond substituents is 4. The summed E-state index contributed by atoms with van der Waals surface area (Å²) in [4.78, 5) is 28.0. The van der Waals surface area contributed by atoms with Crippen LogP contribution in [0.15, 0.2) is 48.5 Å². The Balaban J connectivity index is 1.77. The first-order valence-electron chi connectivity index (χ1n) is 14.3. The van der Waals surface area contributed by atoms with Crippen molar-refractivity contribution in [3.8, 4) is 45.6 Å². The highest BCUT2D eigenvalue weighted by atomic mass is 16.5. The quantitative estimate of drug-likeness (QED) is 0.114. The van der Waals surface area contributed by atoms with Crippen LogP contribution in [0.3, 0.4) is 0 Å². The molecule has 0 spiro atoms. The van der Waals surface area contributed by atoms with Crippen LogP contribution in [0.25, 0.3) is 22.0 Å². The fraction of sp³-hybridized carbons (Fsp3) is 0.222. The van der Waals surface area contributed by atoms with Gasteiger partial charge in [0.05, 0.1) is 30.9 Å². The molecule has 0 unspecified atom stereocenters. The van der Waals surface area contributed by atoms with E-state index in [0.717, 1.165) is 16.5 Å². The van der Waals surface area contributed by atoms with Gasteiger partial charge in [-0.3, -0.25) is 9.59 Å². The predicted molar refractivity (Wildman–Crippen MR) is 171 cm³/mol. The van der Waals surface area contributed by atoms with Gasteiger partial charge in [-0.25, -0.2) is 0 Å². The zero-order valence-electron chi connectivity index (χ0n) is 26.0. The van der Waals surface area contributed by atoms with Crippen molar-refractivity contribution in [3.63, 3.8) is 0 Å². The Kier molecular flexibility index (Phi) is 8.21. The number of ether oxygens (including phenoxy) is 2. The Bertz CT molecular complexity index is 1980. The Morgan fingerprint density at radius 2 is 1.20 bits per heavy atom. The zero-order valence-corrected chi connectivity index (χ0v) is 26.0. The molecule has 5 aromatic rings. The first-order valence-corrected chi connectivity index (χ1v) is 14.3. The van der Waals surface area contributed by atoms with Gasteiger partial charge in [0.1, 0.15) is 34.5 Å². The van der Waals surface area contributed by atoms with Crippen molar-refractivity contribution < 1.29 is 39.5 Å². The summed E-state index contributed by atoms with van der Waals surface area (Å²) in [7, 11) is 3.15. The second kappa shape index (κ2) is 11.9. The number of aromatic nitrogens is 1. The maximum atomic E-state index is 12.3. The first kappa shape index (κ1) is 31.0. The lowest BCUT2D eigenvalue weighted by Crippen LogP contribution is -2.03. The van der Waals surface area contributed by atoms with E-state index in [1.165, 1.54) is 26.0 Å². The summed E-state index contributed by atoms with van der Waals surface area (Å²) < 4.78 is 11.2. The van der Waals surface area contributed by atoms with Crippen molar-refractivity contribution in [2.45, 2.75) is 40.5 Å². The van der Waals surface area contributed by atoms with E-state index in [1.54, 1.807) is 28.1 Å². The molecule has 0 radical (unpaired) electrons. The topological polar surface area (TPSA) is 149 Å². The molecule has 0 aliphatic heterocycles. The lowest BCUT2D eigenvalue weighted by atomic mass is 9.92. The minimum absolute atomic E-state index is 0.0101. The van der Waals surface area contributed by atoms with Crippen LogP contribution < -0.4 is 9.47 Å². The predicted octanol–water partition coefficient (Wildman–Crippen LogP) is 6.88. The summed E-state index contributed by atoms with van der Waals surface area (Å²) in [6.07, 6.45) is 0.00302. The number of benzene rings is 4. The molecule has 0 atom stereocenters. The van der Waals surface area contributed by atoms with E-state index >= 15 is 0 Å². The summed E-state index contributed by atoms with van der Waals surface area (Å²) in [6.45, 7) is 5.99. The van der Waals surface area contributed by atoms with Gasteiger partial charge in [-0.05, 0) is 80.3 Å². The number of carbonyl (C=O) groups is 2. The highest BCUT2D eigenvalue weighted by Gasteiger charge is 2.25. The van der Waals surface area contributed by atoms with E-state index in [-0.39, 0.29) is 69.7 Å². The van der Waals surface area contributed by atoms with Crippen molar-refractivity contribution in [1.29, 1.82) is 0 Å². The van der Waals surface area contributed by atoms with Crippen LogP contribution in [-0.2, 0) is 12.8 Å². The van der Waals surface area contributed by atoms with Crippen LogP contribution in [0.5, 0.6) is 34.5 Å². The minimum Gasteiger partial charge on any atom is -0.507 e. The molecule has 232 valence electrons. The van der Waals surface area contributed by atoms with E-state index in [0.29, 0.717) is 39.4 Å². The molecule has 0 fully saturated rings. The van der Waals surface area contributed by atoms with Crippen molar-refractivity contribution in [2.24, 2.45) is 0 Å². The molecular formula is C36H35NO8. The maximum Gasteiger partial charge on any atom is 0.163 e. The number of Topliss-reactive ketones (excluding diaryl/α,β-unsaturated/α-hetero) is 2. The number of carbonyl (C=O) groups excluding carboxylic acids is 2. The summed E-state index contributed by atoms with van der Waals surface area (Å²) in [6, 6.07) is 14.1. The van der Waals surface area contributed by atoms with Crippen LogP contribution >= 0.6 is 0 Å². The van der Waals surface area contributed by atoms with Crippen LogP contribution in [0.2, 0.25) is 0 Å². The van der Waals surface area contributed by atoms with Gasteiger partial charge < -0.3 is 34.9 Å². The van der Waals surface area contributed by atoms with E-state index in [4.69, 9.17) is 9.47 Å². The number of aryl methyl sites for hydroxylation is 2. The number of H-pyrrole nitrogens is 1. The van der Waals surface area contributed by atoms with Gasteiger partial charge in [-0.2, -0.15) is 0 Å². The monoisotopic (exact) mass is 609 g/mol. The van der Waals surface area contributed by atoms with Gasteiger partial charge in [0.15, 0.2) is 11.6 Å². The third kappa shape index (κ3) is 5.42. The van der Waals surface area contributed by atoms with Crippen LogP contribution in [-0.4, -0.2) is 51.2 Å². The first-order chi connectivity index (χ1) is 21.4. The molecule has 0 aliphatic carbocycles. The summed E-state index contributed by atoms with van der Waals surface area (Å²) >= 11 is 0. The number of ketones is 2. The van der Waals surface area contributed by atoms with Crippen LogP contribution in [0.4, 0.5) is 0 Å². The lowest BCUT2D eigenvalue weighted by molar-refractivity contribution is 0.100. The van der Waals surface area contributed by atoms with Gasteiger partial charge in [-0.1, -0.05) is 18.2 Å². The normalized spacial score (nSPS) is 11.2. The molecule has 1 aromatic heterocycles. The fourth-order valence-electron chi connectivity index (χ4n) is 5.91.